The average molecular weight is 321 g/mol. The van der Waals surface area contributed by atoms with E-state index in [1.54, 1.807) is 42.9 Å². The molecule has 2 aromatic rings. The summed E-state index contributed by atoms with van der Waals surface area (Å²) in [5, 5.41) is 4.12. The van der Waals surface area contributed by atoms with Crippen molar-refractivity contribution in [1.82, 2.24) is 14.7 Å². The van der Waals surface area contributed by atoms with Crippen LogP contribution in [0, 0.1) is 6.92 Å². The molecule has 7 heteroatoms. The quantitative estimate of drug-likeness (QED) is 0.799. The predicted octanol–water partition coefficient (Wildman–Crippen LogP) is 2.97. The molecule has 0 N–H and O–H groups in total. The van der Waals surface area contributed by atoms with Crippen molar-refractivity contribution < 1.29 is 18.3 Å². The van der Waals surface area contributed by atoms with Crippen LogP contribution in [0.25, 0.3) is 0 Å². The lowest BCUT2D eigenvalue weighted by Crippen LogP contribution is -2.48. The Morgan fingerprint density at radius 2 is 2.13 bits per heavy atom. The summed E-state index contributed by atoms with van der Waals surface area (Å²) in [6.07, 6.45) is -0.644. The maximum Gasteiger partial charge on any atom is 0.415 e. The zero-order valence-corrected chi connectivity index (χ0v) is 12.9. The van der Waals surface area contributed by atoms with Crippen molar-refractivity contribution in [2.45, 2.75) is 26.0 Å². The van der Waals surface area contributed by atoms with E-state index in [0.29, 0.717) is 22.6 Å². The molecule has 0 saturated heterocycles. The molecule has 2 heterocycles. The monoisotopic (exact) mass is 321 g/mol. The van der Waals surface area contributed by atoms with Crippen LogP contribution in [-0.2, 0) is 30.9 Å². The van der Waals surface area contributed by atoms with Crippen LogP contribution in [-0.4, -0.2) is 27.3 Å². The summed E-state index contributed by atoms with van der Waals surface area (Å²) in [6.45, 7) is 1.64. The van der Waals surface area contributed by atoms with Crippen molar-refractivity contribution in [2.75, 3.05) is 6.54 Å². The van der Waals surface area contributed by atoms with Crippen LogP contribution in [0.3, 0.4) is 0 Å². The fourth-order valence-electron chi connectivity index (χ4n) is 2.77. The first kappa shape index (κ1) is 15.5. The number of halogens is 2. The van der Waals surface area contributed by atoms with Gasteiger partial charge in [-0.2, -0.15) is 13.9 Å². The van der Waals surface area contributed by atoms with Gasteiger partial charge in [0.05, 0.1) is 11.4 Å². The van der Waals surface area contributed by atoms with E-state index in [-0.39, 0.29) is 18.7 Å². The Labute approximate surface area is 132 Å². The number of nitrogens with zero attached hydrogens (tertiary/aromatic N) is 3. The van der Waals surface area contributed by atoms with Crippen molar-refractivity contribution in [3.63, 3.8) is 0 Å². The summed E-state index contributed by atoms with van der Waals surface area (Å²) in [4.78, 5) is 12.6. The molecule has 122 valence electrons. The number of carbonyl (C=O) groups is 1. The molecule has 0 aliphatic carbocycles. The molecule has 1 aromatic carbocycles. The second-order valence-corrected chi connectivity index (χ2v) is 5.56. The van der Waals surface area contributed by atoms with Crippen LogP contribution in [0.4, 0.5) is 13.6 Å². The van der Waals surface area contributed by atoms with Crippen LogP contribution in [0.15, 0.2) is 30.3 Å². The highest BCUT2D eigenvalue weighted by Gasteiger charge is 2.47. The number of carbonyl (C=O) groups excluding carboxylic acids is 1. The van der Waals surface area contributed by atoms with Gasteiger partial charge in [-0.3, -0.25) is 4.68 Å². The summed E-state index contributed by atoms with van der Waals surface area (Å²) in [7, 11) is 1.71. The van der Waals surface area contributed by atoms with Gasteiger partial charge in [0.15, 0.2) is 0 Å². The highest BCUT2D eigenvalue weighted by Crippen LogP contribution is 2.38. The van der Waals surface area contributed by atoms with Gasteiger partial charge in [0.25, 0.3) is 0 Å². The number of alkyl halides is 2. The summed E-state index contributed by atoms with van der Waals surface area (Å²) >= 11 is 0. The Hall–Kier alpha value is -2.44. The molecule has 0 spiro atoms. The molecule has 0 unspecified atom stereocenters. The first-order valence-corrected chi connectivity index (χ1v) is 7.29. The number of aromatic nitrogens is 2. The summed E-state index contributed by atoms with van der Waals surface area (Å²) in [6, 6.07) is 4.64. The van der Waals surface area contributed by atoms with Gasteiger partial charge in [-0.15, -0.1) is 0 Å². The topological polar surface area (TPSA) is 47.4 Å². The van der Waals surface area contributed by atoms with Crippen molar-refractivity contribution in [3.05, 3.63) is 52.8 Å². The molecule has 0 atom stereocenters. The lowest BCUT2D eigenvalue weighted by molar-refractivity contribution is -0.146. The molecule has 23 heavy (non-hydrogen) atoms. The van der Waals surface area contributed by atoms with Crippen LogP contribution < -0.4 is 0 Å². The molecule has 1 aliphatic rings. The van der Waals surface area contributed by atoms with E-state index in [9.17, 15) is 13.6 Å². The largest absolute Gasteiger partial charge is 0.443 e. The Balaban J connectivity index is 1.74. The minimum absolute atomic E-state index is 0.0761. The molecular formula is C16H17F2N3O2. The third kappa shape index (κ3) is 2.78. The molecule has 0 bridgehead atoms. The Bertz CT molecular complexity index is 743. The second-order valence-electron chi connectivity index (χ2n) is 5.56. The van der Waals surface area contributed by atoms with E-state index < -0.39 is 12.1 Å². The highest BCUT2D eigenvalue weighted by molar-refractivity contribution is 5.69. The van der Waals surface area contributed by atoms with E-state index in [2.05, 4.69) is 5.10 Å². The normalized spacial score (nSPS) is 16.1. The molecule has 0 saturated carbocycles. The fourth-order valence-corrected chi connectivity index (χ4v) is 2.77. The van der Waals surface area contributed by atoms with Gasteiger partial charge in [-0.05, 0) is 25.0 Å². The highest BCUT2D eigenvalue weighted by atomic mass is 19.3. The molecule has 5 nitrogen and oxygen atoms in total. The Kier molecular flexibility index (Phi) is 3.79. The fraction of sp³-hybridized carbons (Fsp3) is 0.375. The standard InChI is InChI=1S/C16H17F2N3O2/c1-11-9-13(20(2)19-11)10-23-15(22)21-8-7-12-5-3-4-6-14(12)16(21,17)18/h3-6,9H,7-8,10H2,1-2H3. The summed E-state index contributed by atoms with van der Waals surface area (Å²) in [5.74, 6) is 0. The maximum atomic E-state index is 14.5. The number of aryl methyl sites for hydroxylation is 2. The number of hydrogen-bond donors (Lipinski definition) is 0. The molecule has 0 fully saturated rings. The minimum Gasteiger partial charge on any atom is -0.443 e. The van der Waals surface area contributed by atoms with Crippen LogP contribution >= 0.6 is 0 Å². The number of rotatable bonds is 2. The number of ether oxygens (including phenoxy) is 1. The van der Waals surface area contributed by atoms with E-state index >= 15 is 0 Å². The van der Waals surface area contributed by atoms with Crippen LogP contribution in [0.1, 0.15) is 22.5 Å². The number of benzene rings is 1. The van der Waals surface area contributed by atoms with E-state index in [1.165, 1.54) is 6.07 Å². The zero-order chi connectivity index (χ0) is 16.6. The van der Waals surface area contributed by atoms with E-state index in [4.69, 9.17) is 4.74 Å². The number of fused-ring (bicyclic) bond motifs is 1. The van der Waals surface area contributed by atoms with Gasteiger partial charge in [-0.1, -0.05) is 24.3 Å². The third-order valence-electron chi connectivity index (χ3n) is 3.95. The number of amides is 1. The Morgan fingerprint density at radius 1 is 1.39 bits per heavy atom. The Morgan fingerprint density at radius 3 is 2.83 bits per heavy atom. The van der Waals surface area contributed by atoms with Crippen molar-refractivity contribution in [3.8, 4) is 0 Å². The molecule has 3 rings (SSSR count). The first-order valence-electron chi connectivity index (χ1n) is 7.29. The zero-order valence-electron chi connectivity index (χ0n) is 12.9. The lowest BCUT2D eigenvalue weighted by atomic mass is 9.98. The lowest BCUT2D eigenvalue weighted by Gasteiger charge is -2.35. The van der Waals surface area contributed by atoms with Crippen molar-refractivity contribution in [2.24, 2.45) is 7.05 Å². The molecule has 1 aromatic heterocycles. The van der Waals surface area contributed by atoms with Gasteiger partial charge in [0, 0.05) is 19.2 Å². The summed E-state index contributed by atoms with van der Waals surface area (Å²) < 4.78 is 35.7. The molecule has 1 amide bonds. The second kappa shape index (κ2) is 5.64. The first-order chi connectivity index (χ1) is 10.9. The van der Waals surface area contributed by atoms with E-state index in [1.807, 2.05) is 0 Å². The van der Waals surface area contributed by atoms with E-state index in [0.717, 1.165) is 5.69 Å². The molecule has 0 radical (unpaired) electrons. The van der Waals surface area contributed by atoms with Crippen LogP contribution in [0.2, 0.25) is 0 Å². The maximum absolute atomic E-state index is 14.5. The van der Waals surface area contributed by atoms with Gasteiger partial charge >= 0.3 is 12.1 Å². The van der Waals surface area contributed by atoms with Crippen LogP contribution in [0.5, 0.6) is 0 Å². The summed E-state index contributed by atoms with van der Waals surface area (Å²) in [5.41, 5.74) is 1.84. The smallest absolute Gasteiger partial charge is 0.415 e. The minimum atomic E-state index is -3.37. The van der Waals surface area contributed by atoms with Crippen molar-refractivity contribution in [1.29, 1.82) is 0 Å². The predicted molar refractivity (Wildman–Crippen MR) is 78.9 cm³/mol. The van der Waals surface area contributed by atoms with Crippen molar-refractivity contribution >= 4 is 6.09 Å². The number of hydrogen-bond acceptors (Lipinski definition) is 3. The molecule has 1 aliphatic heterocycles. The van der Waals surface area contributed by atoms with Gasteiger partial charge < -0.3 is 4.74 Å². The average Bonchev–Trinajstić information content (AvgIpc) is 2.83. The van der Waals surface area contributed by atoms with Gasteiger partial charge in [0.1, 0.15) is 6.61 Å². The third-order valence-corrected chi connectivity index (χ3v) is 3.95. The SMILES string of the molecule is Cc1cc(COC(=O)N2CCc3ccccc3C2(F)F)n(C)n1. The van der Waals surface area contributed by atoms with Gasteiger partial charge in [0.2, 0.25) is 0 Å². The van der Waals surface area contributed by atoms with Gasteiger partial charge in [-0.25, -0.2) is 9.69 Å². The molecular weight excluding hydrogens is 304 g/mol.